The number of anilines is 1. The van der Waals surface area contributed by atoms with Gasteiger partial charge in [0.2, 0.25) is 5.91 Å². The lowest BCUT2D eigenvalue weighted by molar-refractivity contribution is -0.121. The van der Waals surface area contributed by atoms with E-state index in [2.05, 4.69) is 5.32 Å². The van der Waals surface area contributed by atoms with Gasteiger partial charge in [0.25, 0.3) is 0 Å². The van der Waals surface area contributed by atoms with E-state index in [9.17, 15) is 13.2 Å². The number of hydrogen-bond donors (Lipinski definition) is 2. The number of carbonyl (C=O) groups excluding carboxylic acids is 1. The van der Waals surface area contributed by atoms with Crippen molar-refractivity contribution in [3.8, 4) is 0 Å². The molecule has 2 aromatic rings. The summed E-state index contributed by atoms with van der Waals surface area (Å²) in [5, 5.41) is 2.75. The molecule has 0 spiro atoms. The van der Waals surface area contributed by atoms with Crippen LogP contribution >= 0.6 is 12.4 Å². The van der Waals surface area contributed by atoms with E-state index in [-0.39, 0.29) is 24.1 Å². The van der Waals surface area contributed by atoms with Crippen LogP contribution in [-0.4, -0.2) is 26.6 Å². The summed E-state index contributed by atoms with van der Waals surface area (Å²) < 4.78 is 24.2. The van der Waals surface area contributed by atoms with E-state index in [4.69, 9.17) is 5.73 Å². The fraction of sp³-hybridized carbons (Fsp3) is 0.278. The number of nitrogen functional groups attached to an aromatic ring is 1. The van der Waals surface area contributed by atoms with Gasteiger partial charge in [0.1, 0.15) is 0 Å². The summed E-state index contributed by atoms with van der Waals surface area (Å²) in [5.41, 5.74) is 7.46. The number of nitrogens with two attached hydrogens (primary N) is 1. The SMILES string of the molecule is Cl.Nc1ccccc1CCC(=O)NCCCS(=O)(=O)c1ccccc1. The first-order valence-electron chi connectivity index (χ1n) is 7.87. The van der Waals surface area contributed by atoms with Crippen molar-refractivity contribution in [1.29, 1.82) is 0 Å². The first kappa shape index (κ1) is 21.0. The minimum Gasteiger partial charge on any atom is -0.399 e. The molecule has 2 aromatic carbocycles. The highest BCUT2D eigenvalue weighted by Gasteiger charge is 2.13. The summed E-state index contributed by atoms with van der Waals surface area (Å²) in [5.74, 6) is -0.0847. The van der Waals surface area contributed by atoms with Gasteiger partial charge >= 0.3 is 0 Å². The first-order chi connectivity index (χ1) is 11.5. The van der Waals surface area contributed by atoms with Crippen molar-refractivity contribution >= 4 is 33.8 Å². The summed E-state index contributed by atoms with van der Waals surface area (Å²) in [7, 11) is -3.29. The highest BCUT2D eigenvalue weighted by atomic mass is 35.5. The molecule has 1 amide bonds. The van der Waals surface area contributed by atoms with Gasteiger partial charge in [-0.2, -0.15) is 0 Å². The predicted octanol–water partition coefficient (Wildman–Crippen LogP) is 2.60. The smallest absolute Gasteiger partial charge is 0.220 e. The second-order valence-corrected chi connectivity index (χ2v) is 7.64. The van der Waals surface area contributed by atoms with E-state index in [1.54, 1.807) is 30.3 Å². The van der Waals surface area contributed by atoms with Gasteiger partial charge in [0.15, 0.2) is 9.84 Å². The Kier molecular flexibility index (Phi) is 8.45. The number of hydrogen-bond acceptors (Lipinski definition) is 4. The molecule has 0 aromatic heterocycles. The Morgan fingerprint density at radius 1 is 1.00 bits per heavy atom. The number of carbonyl (C=O) groups is 1. The number of halogens is 1. The molecule has 0 aliphatic heterocycles. The first-order valence-corrected chi connectivity index (χ1v) is 9.52. The summed E-state index contributed by atoms with van der Waals surface area (Å²) in [6, 6.07) is 15.8. The number of aryl methyl sites for hydroxylation is 1. The number of amides is 1. The van der Waals surface area contributed by atoms with Crippen LogP contribution in [0.4, 0.5) is 5.69 Å². The second kappa shape index (κ2) is 10.1. The van der Waals surface area contributed by atoms with E-state index in [1.165, 1.54) is 0 Å². The quantitative estimate of drug-likeness (QED) is 0.542. The van der Waals surface area contributed by atoms with Crippen molar-refractivity contribution in [3.05, 3.63) is 60.2 Å². The molecule has 0 radical (unpaired) electrons. The molecule has 0 aliphatic carbocycles. The van der Waals surface area contributed by atoms with Gasteiger partial charge in [-0.25, -0.2) is 8.42 Å². The molecular formula is C18H23ClN2O3S. The Balaban J connectivity index is 0.00000312. The Labute approximate surface area is 155 Å². The van der Waals surface area contributed by atoms with Crippen LogP contribution in [-0.2, 0) is 21.1 Å². The molecule has 0 saturated heterocycles. The van der Waals surface area contributed by atoms with Crippen molar-refractivity contribution in [2.75, 3.05) is 18.0 Å². The molecular weight excluding hydrogens is 360 g/mol. The van der Waals surface area contributed by atoms with E-state index in [1.807, 2.05) is 24.3 Å². The average molecular weight is 383 g/mol. The standard InChI is InChI=1S/C18H22N2O3S.ClH/c19-17-10-5-4-7-15(17)11-12-18(21)20-13-6-14-24(22,23)16-8-2-1-3-9-16;/h1-5,7-10H,6,11-14,19H2,(H,20,21);1H. The van der Waals surface area contributed by atoms with Gasteiger partial charge in [-0.15, -0.1) is 12.4 Å². The lowest BCUT2D eigenvalue weighted by Gasteiger charge is -2.07. The zero-order chi connectivity index (χ0) is 17.4. The third kappa shape index (κ3) is 6.76. The van der Waals surface area contributed by atoms with Gasteiger partial charge in [-0.1, -0.05) is 36.4 Å². The maximum atomic E-state index is 12.1. The summed E-state index contributed by atoms with van der Waals surface area (Å²) in [6.45, 7) is 0.342. The Bertz CT molecular complexity index is 780. The lowest BCUT2D eigenvalue weighted by Crippen LogP contribution is -2.26. The molecule has 5 nitrogen and oxygen atoms in total. The van der Waals surface area contributed by atoms with Gasteiger partial charge in [0, 0.05) is 18.7 Å². The van der Waals surface area contributed by atoms with E-state index >= 15 is 0 Å². The molecule has 2 rings (SSSR count). The van der Waals surface area contributed by atoms with Crippen LogP contribution < -0.4 is 11.1 Å². The van der Waals surface area contributed by atoms with Crippen molar-refractivity contribution in [3.63, 3.8) is 0 Å². The summed E-state index contributed by atoms with van der Waals surface area (Å²) in [6.07, 6.45) is 1.29. The van der Waals surface area contributed by atoms with Crippen LogP contribution in [0.1, 0.15) is 18.4 Å². The van der Waals surface area contributed by atoms with E-state index < -0.39 is 9.84 Å². The molecule has 0 aliphatic rings. The van der Waals surface area contributed by atoms with Crippen LogP contribution in [0.5, 0.6) is 0 Å². The minimum atomic E-state index is -3.29. The largest absolute Gasteiger partial charge is 0.399 e. The minimum absolute atomic E-state index is 0. The predicted molar refractivity (Wildman–Crippen MR) is 103 cm³/mol. The topological polar surface area (TPSA) is 89.3 Å². The lowest BCUT2D eigenvalue weighted by atomic mass is 10.1. The van der Waals surface area contributed by atoms with Gasteiger partial charge in [0.05, 0.1) is 10.6 Å². The number of benzene rings is 2. The summed E-state index contributed by atoms with van der Waals surface area (Å²) in [4.78, 5) is 12.1. The molecule has 7 heteroatoms. The van der Waals surface area contributed by atoms with Crippen molar-refractivity contribution in [1.82, 2.24) is 5.32 Å². The molecule has 25 heavy (non-hydrogen) atoms. The third-order valence-electron chi connectivity index (χ3n) is 3.69. The molecule has 0 fully saturated rings. The zero-order valence-electron chi connectivity index (χ0n) is 13.9. The number of nitrogens with one attached hydrogen (secondary N) is 1. The van der Waals surface area contributed by atoms with Gasteiger partial charge in [-0.3, -0.25) is 4.79 Å². The number of rotatable bonds is 8. The maximum absolute atomic E-state index is 12.1. The molecule has 0 bridgehead atoms. The monoisotopic (exact) mass is 382 g/mol. The van der Waals surface area contributed by atoms with Crippen LogP contribution in [0.25, 0.3) is 0 Å². The number of sulfone groups is 1. The van der Waals surface area contributed by atoms with Crippen LogP contribution in [0.2, 0.25) is 0 Å². The molecule has 0 heterocycles. The third-order valence-corrected chi connectivity index (χ3v) is 5.51. The van der Waals surface area contributed by atoms with Crippen molar-refractivity contribution < 1.29 is 13.2 Å². The highest BCUT2D eigenvalue weighted by molar-refractivity contribution is 7.91. The Morgan fingerprint density at radius 3 is 2.32 bits per heavy atom. The molecule has 3 N–H and O–H groups in total. The normalized spacial score (nSPS) is 10.7. The zero-order valence-corrected chi connectivity index (χ0v) is 15.5. The fourth-order valence-corrected chi connectivity index (χ4v) is 3.67. The van der Waals surface area contributed by atoms with Crippen molar-refractivity contribution in [2.45, 2.75) is 24.2 Å². The fourth-order valence-electron chi connectivity index (χ4n) is 2.33. The maximum Gasteiger partial charge on any atom is 0.220 e. The molecule has 0 unspecified atom stereocenters. The van der Waals surface area contributed by atoms with Crippen LogP contribution in [0.3, 0.4) is 0 Å². The molecule has 0 atom stereocenters. The van der Waals surface area contributed by atoms with E-state index in [0.717, 1.165) is 5.56 Å². The van der Waals surface area contributed by atoms with Crippen molar-refractivity contribution in [2.24, 2.45) is 0 Å². The Hall–Kier alpha value is -2.05. The Morgan fingerprint density at radius 2 is 1.64 bits per heavy atom. The summed E-state index contributed by atoms with van der Waals surface area (Å²) >= 11 is 0. The van der Waals surface area contributed by atoms with E-state index in [0.29, 0.717) is 36.4 Å². The van der Waals surface area contributed by atoms with Crippen LogP contribution in [0, 0.1) is 0 Å². The van der Waals surface area contributed by atoms with Crippen LogP contribution in [0.15, 0.2) is 59.5 Å². The second-order valence-electron chi connectivity index (χ2n) is 5.53. The molecule has 0 saturated carbocycles. The average Bonchev–Trinajstić information content (AvgIpc) is 2.59. The highest BCUT2D eigenvalue weighted by Crippen LogP contribution is 2.13. The van der Waals surface area contributed by atoms with Gasteiger partial charge < -0.3 is 11.1 Å². The van der Waals surface area contributed by atoms with Gasteiger partial charge in [-0.05, 0) is 36.6 Å². The number of para-hydroxylation sites is 1. The molecule has 136 valence electrons.